The zero-order valence-electron chi connectivity index (χ0n) is 12.5. The number of hydrogen-bond donors (Lipinski definition) is 2. The molecule has 1 atom stereocenters. The first kappa shape index (κ1) is 17.4. The van der Waals surface area contributed by atoms with Crippen molar-refractivity contribution in [2.75, 3.05) is 17.3 Å². The topological polar surface area (TPSA) is 81.3 Å². The third-order valence-corrected chi connectivity index (χ3v) is 3.68. The molecule has 0 heterocycles. The summed E-state index contributed by atoms with van der Waals surface area (Å²) >= 11 is 1.52. The number of rotatable bonds is 7. The van der Waals surface area contributed by atoms with Gasteiger partial charge in [-0.3, -0.25) is 0 Å². The molecule has 0 aromatic heterocycles. The van der Waals surface area contributed by atoms with Crippen molar-refractivity contribution in [1.29, 1.82) is 0 Å². The van der Waals surface area contributed by atoms with E-state index in [2.05, 4.69) is 24.5 Å². The van der Waals surface area contributed by atoms with Gasteiger partial charge in [-0.2, -0.15) is 11.8 Å². The average molecular weight is 309 g/mol. The lowest BCUT2D eigenvalue weighted by molar-refractivity contribution is -0.308. The van der Waals surface area contributed by atoms with Gasteiger partial charge in [0, 0.05) is 5.69 Å². The SMILES string of the molecule is CSCC[C@H](NC(=O)Nc1ccc(C(C)C)cc1)C(=O)[O-]. The van der Waals surface area contributed by atoms with Crippen LogP contribution in [-0.4, -0.2) is 30.1 Å². The first-order valence-electron chi connectivity index (χ1n) is 6.81. The molecule has 0 saturated heterocycles. The quantitative estimate of drug-likeness (QED) is 0.805. The van der Waals surface area contributed by atoms with Gasteiger partial charge in [-0.1, -0.05) is 26.0 Å². The summed E-state index contributed by atoms with van der Waals surface area (Å²) in [7, 11) is 0. The Bertz CT molecular complexity index is 474. The highest BCUT2D eigenvalue weighted by atomic mass is 32.2. The van der Waals surface area contributed by atoms with Gasteiger partial charge in [-0.15, -0.1) is 0 Å². The van der Waals surface area contributed by atoms with E-state index >= 15 is 0 Å². The molecule has 0 spiro atoms. The number of aliphatic carboxylic acids is 1. The molecule has 0 fully saturated rings. The number of carboxylic acids is 1. The number of benzene rings is 1. The summed E-state index contributed by atoms with van der Waals surface area (Å²) in [6, 6.07) is 5.94. The van der Waals surface area contributed by atoms with Crippen molar-refractivity contribution in [3.05, 3.63) is 29.8 Å². The Morgan fingerprint density at radius 1 is 1.24 bits per heavy atom. The largest absolute Gasteiger partial charge is 0.548 e. The Morgan fingerprint density at radius 2 is 1.86 bits per heavy atom. The summed E-state index contributed by atoms with van der Waals surface area (Å²) in [6.07, 6.45) is 2.21. The van der Waals surface area contributed by atoms with Crippen LogP contribution in [0.4, 0.5) is 10.5 Å². The minimum absolute atomic E-state index is 0.337. The number of carbonyl (C=O) groups is 2. The molecule has 116 valence electrons. The van der Waals surface area contributed by atoms with Crippen LogP contribution in [0.5, 0.6) is 0 Å². The van der Waals surface area contributed by atoms with Crippen molar-refractivity contribution in [3.63, 3.8) is 0 Å². The highest BCUT2D eigenvalue weighted by Gasteiger charge is 2.13. The fourth-order valence-electron chi connectivity index (χ4n) is 1.76. The highest BCUT2D eigenvalue weighted by Crippen LogP contribution is 2.17. The fraction of sp³-hybridized carbons (Fsp3) is 0.467. The van der Waals surface area contributed by atoms with Crippen LogP contribution in [0.1, 0.15) is 31.7 Å². The molecule has 0 aliphatic heterocycles. The molecular formula is C15H21N2O3S-. The molecular weight excluding hydrogens is 288 g/mol. The summed E-state index contributed by atoms with van der Waals surface area (Å²) in [6.45, 7) is 4.18. The standard InChI is InChI=1S/C15H22N2O3S/c1-10(2)11-4-6-12(7-5-11)16-15(20)17-13(14(18)19)8-9-21-3/h4-7,10,13H,8-9H2,1-3H3,(H,18,19)(H2,16,17,20)/p-1/t13-/m0/s1. The molecule has 5 nitrogen and oxygen atoms in total. The Balaban J connectivity index is 2.57. The zero-order chi connectivity index (χ0) is 15.8. The van der Waals surface area contributed by atoms with Crippen molar-refractivity contribution >= 4 is 29.4 Å². The summed E-state index contributed by atoms with van der Waals surface area (Å²) in [5.41, 5.74) is 1.80. The lowest BCUT2D eigenvalue weighted by Gasteiger charge is -2.19. The van der Waals surface area contributed by atoms with Gasteiger partial charge in [-0.05, 0) is 42.0 Å². The van der Waals surface area contributed by atoms with Crippen molar-refractivity contribution in [2.24, 2.45) is 0 Å². The molecule has 0 aliphatic rings. The summed E-state index contributed by atoms with van der Waals surface area (Å²) in [5.74, 6) is -0.210. The van der Waals surface area contributed by atoms with Crippen LogP contribution >= 0.6 is 11.8 Å². The third kappa shape index (κ3) is 6.08. The van der Waals surface area contributed by atoms with E-state index in [0.29, 0.717) is 23.8 Å². The summed E-state index contributed by atoms with van der Waals surface area (Å²) in [5, 5.41) is 16.0. The fourth-order valence-corrected chi connectivity index (χ4v) is 2.23. The Morgan fingerprint density at radius 3 is 2.33 bits per heavy atom. The van der Waals surface area contributed by atoms with Crippen LogP contribution < -0.4 is 15.7 Å². The molecule has 0 radical (unpaired) electrons. The average Bonchev–Trinajstić information content (AvgIpc) is 2.43. The normalized spacial score (nSPS) is 12.0. The molecule has 1 aromatic rings. The number of carbonyl (C=O) groups excluding carboxylic acids is 2. The second-order valence-corrected chi connectivity index (χ2v) is 6.01. The van der Waals surface area contributed by atoms with Gasteiger partial charge >= 0.3 is 6.03 Å². The smallest absolute Gasteiger partial charge is 0.319 e. The summed E-state index contributed by atoms with van der Waals surface area (Å²) in [4.78, 5) is 22.7. The van der Waals surface area contributed by atoms with Gasteiger partial charge in [0.15, 0.2) is 0 Å². The molecule has 2 amide bonds. The van der Waals surface area contributed by atoms with E-state index in [1.807, 2.05) is 18.4 Å². The Labute approximate surface area is 129 Å². The first-order valence-corrected chi connectivity index (χ1v) is 8.20. The number of hydrogen-bond acceptors (Lipinski definition) is 4. The highest BCUT2D eigenvalue weighted by molar-refractivity contribution is 7.98. The predicted molar refractivity (Wildman–Crippen MR) is 84.5 cm³/mol. The van der Waals surface area contributed by atoms with Crippen molar-refractivity contribution in [3.8, 4) is 0 Å². The summed E-state index contributed by atoms with van der Waals surface area (Å²) < 4.78 is 0. The van der Waals surface area contributed by atoms with Crippen LogP contribution in [0.2, 0.25) is 0 Å². The molecule has 6 heteroatoms. The van der Waals surface area contributed by atoms with E-state index in [-0.39, 0.29) is 0 Å². The molecule has 21 heavy (non-hydrogen) atoms. The predicted octanol–water partition coefficient (Wildman–Crippen LogP) is 1.80. The molecule has 0 saturated carbocycles. The van der Waals surface area contributed by atoms with E-state index in [9.17, 15) is 14.7 Å². The van der Waals surface area contributed by atoms with Crippen LogP contribution in [0.25, 0.3) is 0 Å². The minimum Gasteiger partial charge on any atom is -0.548 e. The van der Waals surface area contributed by atoms with Crippen molar-refractivity contribution in [1.82, 2.24) is 5.32 Å². The number of carboxylic acid groups (broad SMARTS) is 1. The van der Waals surface area contributed by atoms with E-state index < -0.39 is 18.0 Å². The molecule has 0 aliphatic carbocycles. The second kappa shape index (κ2) is 8.56. The maximum absolute atomic E-state index is 11.8. The number of urea groups is 1. The van der Waals surface area contributed by atoms with E-state index in [0.717, 1.165) is 0 Å². The van der Waals surface area contributed by atoms with Crippen LogP contribution in [-0.2, 0) is 4.79 Å². The Kier molecular flexibility index (Phi) is 7.08. The van der Waals surface area contributed by atoms with Gasteiger partial charge in [0.05, 0.1) is 12.0 Å². The van der Waals surface area contributed by atoms with Crippen LogP contribution in [0.3, 0.4) is 0 Å². The second-order valence-electron chi connectivity index (χ2n) is 5.03. The number of nitrogens with one attached hydrogen (secondary N) is 2. The number of thioether (sulfide) groups is 1. The van der Waals surface area contributed by atoms with Gasteiger partial charge in [0.2, 0.25) is 0 Å². The maximum Gasteiger partial charge on any atom is 0.319 e. The molecule has 1 rings (SSSR count). The van der Waals surface area contributed by atoms with E-state index in [1.54, 1.807) is 12.1 Å². The number of anilines is 1. The van der Waals surface area contributed by atoms with Crippen LogP contribution in [0.15, 0.2) is 24.3 Å². The first-order chi connectivity index (χ1) is 9.93. The minimum atomic E-state index is -1.27. The maximum atomic E-state index is 11.8. The number of amides is 2. The monoisotopic (exact) mass is 309 g/mol. The van der Waals surface area contributed by atoms with Gasteiger partial charge < -0.3 is 20.5 Å². The molecule has 0 bridgehead atoms. The van der Waals surface area contributed by atoms with E-state index in [4.69, 9.17) is 0 Å². The lowest BCUT2D eigenvalue weighted by atomic mass is 10.0. The van der Waals surface area contributed by atoms with E-state index in [1.165, 1.54) is 17.3 Å². The molecule has 2 N–H and O–H groups in total. The van der Waals surface area contributed by atoms with Gasteiger partial charge in [0.25, 0.3) is 0 Å². The zero-order valence-corrected chi connectivity index (χ0v) is 13.3. The third-order valence-electron chi connectivity index (χ3n) is 3.04. The van der Waals surface area contributed by atoms with Gasteiger partial charge in [-0.25, -0.2) is 4.79 Å². The Hall–Kier alpha value is -1.69. The van der Waals surface area contributed by atoms with Crippen molar-refractivity contribution in [2.45, 2.75) is 32.2 Å². The van der Waals surface area contributed by atoms with Crippen molar-refractivity contribution < 1.29 is 14.7 Å². The lowest BCUT2D eigenvalue weighted by Crippen LogP contribution is -2.49. The molecule has 0 unspecified atom stereocenters. The van der Waals surface area contributed by atoms with Crippen LogP contribution in [0, 0.1) is 0 Å². The molecule has 1 aromatic carbocycles. The van der Waals surface area contributed by atoms with Gasteiger partial charge in [0.1, 0.15) is 0 Å².